The van der Waals surface area contributed by atoms with E-state index >= 15 is 0 Å². The molecule has 0 amide bonds. The predicted octanol–water partition coefficient (Wildman–Crippen LogP) is 2.12. The fourth-order valence-corrected chi connectivity index (χ4v) is 1.03. The van der Waals surface area contributed by atoms with E-state index in [0.29, 0.717) is 6.04 Å². The Hall–Kier alpha value is -0.410. The lowest BCUT2D eigenvalue weighted by Gasteiger charge is -2.08. The molecule has 0 spiro atoms. The minimum atomic E-state index is 0.322. The Morgan fingerprint density at radius 1 is 1.55 bits per heavy atom. The van der Waals surface area contributed by atoms with Crippen LogP contribution >= 0.6 is 15.9 Å². The van der Waals surface area contributed by atoms with Crippen LogP contribution < -0.4 is 5.32 Å². The Balaban J connectivity index is 2.81. The maximum atomic E-state index is 4.24. The lowest BCUT2D eigenvalue weighted by atomic mass is 10.2. The normalized spacial score (nSPS) is 13.0. The molecule has 11 heavy (non-hydrogen) atoms. The molecular weight excluding hydrogens is 204 g/mol. The molecule has 0 bridgehead atoms. The number of rotatable bonds is 2. The molecular formula is C8H11BrN2. The summed E-state index contributed by atoms with van der Waals surface area (Å²) in [7, 11) is 1.92. The molecule has 0 aliphatic carbocycles. The number of hydrogen-bond acceptors (Lipinski definition) is 2. The smallest absolute Gasteiger partial charge is 0.0571 e. The molecule has 3 heteroatoms. The minimum absolute atomic E-state index is 0.322. The van der Waals surface area contributed by atoms with Crippen molar-refractivity contribution in [2.24, 2.45) is 0 Å². The number of nitrogens with zero attached hydrogens (tertiary/aromatic N) is 1. The molecule has 0 saturated carbocycles. The van der Waals surface area contributed by atoms with E-state index in [1.54, 1.807) is 0 Å². The molecule has 1 aromatic rings. The second-order valence-corrected chi connectivity index (χ2v) is 3.33. The predicted molar refractivity (Wildman–Crippen MR) is 49.4 cm³/mol. The number of hydrogen-bond donors (Lipinski definition) is 1. The molecule has 1 atom stereocenters. The van der Waals surface area contributed by atoms with Gasteiger partial charge >= 0.3 is 0 Å². The van der Waals surface area contributed by atoms with Crippen molar-refractivity contribution in [3.8, 4) is 0 Å². The third-order valence-corrected chi connectivity index (χ3v) is 2.10. The summed E-state index contributed by atoms with van der Waals surface area (Å²) < 4.78 is 1.02. The first kappa shape index (κ1) is 8.68. The van der Waals surface area contributed by atoms with Gasteiger partial charge < -0.3 is 5.32 Å². The molecule has 1 heterocycles. The van der Waals surface area contributed by atoms with Crippen molar-refractivity contribution < 1.29 is 0 Å². The quantitative estimate of drug-likeness (QED) is 0.817. The van der Waals surface area contributed by atoms with E-state index in [1.807, 2.05) is 25.4 Å². The van der Waals surface area contributed by atoms with Gasteiger partial charge in [0.1, 0.15) is 0 Å². The van der Waals surface area contributed by atoms with Crippen LogP contribution in [0.25, 0.3) is 0 Å². The minimum Gasteiger partial charge on any atom is -0.312 e. The third kappa shape index (κ3) is 2.27. The Kier molecular flexibility index (Phi) is 3.02. The number of nitrogens with one attached hydrogen (secondary N) is 1. The fraction of sp³-hybridized carbons (Fsp3) is 0.375. The van der Waals surface area contributed by atoms with Gasteiger partial charge in [-0.3, -0.25) is 4.98 Å². The van der Waals surface area contributed by atoms with Crippen molar-refractivity contribution in [1.82, 2.24) is 10.3 Å². The topological polar surface area (TPSA) is 24.9 Å². The summed E-state index contributed by atoms with van der Waals surface area (Å²) in [5.41, 5.74) is 1.07. The number of halogens is 1. The first-order valence-corrected chi connectivity index (χ1v) is 4.32. The van der Waals surface area contributed by atoms with Crippen molar-refractivity contribution >= 4 is 15.9 Å². The van der Waals surface area contributed by atoms with Crippen LogP contribution in [0, 0.1) is 0 Å². The summed E-state index contributed by atoms with van der Waals surface area (Å²) in [4.78, 5) is 4.24. The molecule has 2 nitrogen and oxygen atoms in total. The average Bonchev–Trinajstić information content (AvgIpc) is 2.05. The van der Waals surface area contributed by atoms with Gasteiger partial charge in [-0.2, -0.15) is 0 Å². The Labute approximate surface area is 75.2 Å². The maximum Gasteiger partial charge on any atom is 0.0571 e. The van der Waals surface area contributed by atoms with Gasteiger partial charge in [-0.15, -0.1) is 0 Å². The van der Waals surface area contributed by atoms with Gasteiger partial charge in [0.05, 0.1) is 5.69 Å². The maximum absolute atomic E-state index is 4.24. The van der Waals surface area contributed by atoms with E-state index in [2.05, 4.69) is 33.2 Å². The molecule has 0 fully saturated rings. The second kappa shape index (κ2) is 3.83. The molecule has 0 aromatic carbocycles. The molecule has 0 saturated heterocycles. The van der Waals surface area contributed by atoms with Crippen LogP contribution in [0.5, 0.6) is 0 Å². The van der Waals surface area contributed by atoms with E-state index in [4.69, 9.17) is 0 Å². The summed E-state index contributed by atoms with van der Waals surface area (Å²) in [6.45, 7) is 2.08. The van der Waals surface area contributed by atoms with Gasteiger partial charge in [0.15, 0.2) is 0 Å². The molecule has 60 valence electrons. The highest BCUT2D eigenvalue weighted by Gasteiger charge is 2.01. The van der Waals surface area contributed by atoms with Crippen LogP contribution in [0.2, 0.25) is 0 Å². The number of aromatic nitrogens is 1. The summed E-state index contributed by atoms with van der Waals surface area (Å²) >= 11 is 3.33. The van der Waals surface area contributed by atoms with E-state index < -0.39 is 0 Å². The Morgan fingerprint density at radius 2 is 2.27 bits per heavy atom. The van der Waals surface area contributed by atoms with Gasteiger partial charge in [0.25, 0.3) is 0 Å². The highest BCUT2D eigenvalue weighted by atomic mass is 79.9. The second-order valence-electron chi connectivity index (χ2n) is 2.41. The van der Waals surface area contributed by atoms with Crippen molar-refractivity contribution in [1.29, 1.82) is 0 Å². The Bertz CT molecular complexity index is 220. The Morgan fingerprint density at radius 3 is 2.73 bits per heavy atom. The van der Waals surface area contributed by atoms with Gasteiger partial charge in [0.2, 0.25) is 0 Å². The average molecular weight is 215 g/mol. The van der Waals surface area contributed by atoms with Crippen molar-refractivity contribution in [3.63, 3.8) is 0 Å². The van der Waals surface area contributed by atoms with Crippen LogP contribution in [0.3, 0.4) is 0 Å². The van der Waals surface area contributed by atoms with E-state index in [9.17, 15) is 0 Å². The fourth-order valence-electron chi connectivity index (χ4n) is 0.791. The van der Waals surface area contributed by atoms with Gasteiger partial charge in [-0.1, -0.05) is 0 Å². The largest absolute Gasteiger partial charge is 0.312 e. The summed E-state index contributed by atoms with van der Waals surface area (Å²) in [5, 5.41) is 3.12. The van der Waals surface area contributed by atoms with Crippen LogP contribution in [0.1, 0.15) is 18.7 Å². The summed E-state index contributed by atoms with van der Waals surface area (Å²) in [6, 6.07) is 4.32. The first-order chi connectivity index (χ1) is 5.24. The van der Waals surface area contributed by atoms with Crippen molar-refractivity contribution in [2.45, 2.75) is 13.0 Å². The molecule has 1 N–H and O–H groups in total. The molecule has 0 radical (unpaired) electrons. The summed E-state index contributed by atoms with van der Waals surface area (Å²) in [6.07, 6.45) is 1.81. The molecule has 1 unspecified atom stereocenters. The van der Waals surface area contributed by atoms with Crippen LogP contribution in [-0.4, -0.2) is 12.0 Å². The van der Waals surface area contributed by atoms with Gasteiger partial charge in [0, 0.05) is 16.7 Å². The van der Waals surface area contributed by atoms with Crippen LogP contribution in [-0.2, 0) is 0 Å². The third-order valence-electron chi connectivity index (χ3n) is 1.63. The highest BCUT2D eigenvalue weighted by molar-refractivity contribution is 9.10. The molecule has 0 aliphatic heterocycles. The van der Waals surface area contributed by atoms with E-state index in [-0.39, 0.29) is 0 Å². The first-order valence-electron chi connectivity index (χ1n) is 3.52. The van der Waals surface area contributed by atoms with E-state index in [1.165, 1.54) is 0 Å². The lowest BCUT2D eigenvalue weighted by Crippen LogP contribution is -2.13. The zero-order valence-electron chi connectivity index (χ0n) is 6.63. The molecule has 1 aromatic heterocycles. The number of pyridine rings is 1. The van der Waals surface area contributed by atoms with Crippen molar-refractivity contribution in [2.75, 3.05) is 7.05 Å². The van der Waals surface area contributed by atoms with E-state index in [0.717, 1.165) is 10.2 Å². The van der Waals surface area contributed by atoms with Crippen molar-refractivity contribution in [3.05, 3.63) is 28.5 Å². The summed E-state index contributed by atoms with van der Waals surface area (Å²) in [5.74, 6) is 0. The zero-order valence-corrected chi connectivity index (χ0v) is 8.22. The van der Waals surface area contributed by atoms with Crippen LogP contribution in [0.4, 0.5) is 0 Å². The zero-order chi connectivity index (χ0) is 8.27. The monoisotopic (exact) mass is 214 g/mol. The molecule has 0 aliphatic rings. The highest BCUT2D eigenvalue weighted by Crippen LogP contribution is 2.12. The van der Waals surface area contributed by atoms with Gasteiger partial charge in [-0.25, -0.2) is 0 Å². The van der Waals surface area contributed by atoms with Crippen LogP contribution in [0.15, 0.2) is 22.8 Å². The SMILES string of the molecule is CNC(C)c1ccc(Br)cn1. The standard InChI is InChI=1S/C8H11BrN2/c1-6(10-2)8-4-3-7(9)5-11-8/h3-6,10H,1-2H3. The van der Waals surface area contributed by atoms with Gasteiger partial charge in [-0.05, 0) is 42.0 Å². The lowest BCUT2D eigenvalue weighted by molar-refractivity contribution is 0.632. The molecule has 1 rings (SSSR count).